The summed E-state index contributed by atoms with van der Waals surface area (Å²) in [5.41, 5.74) is 8.51. The predicted octanol–water partition coefficient (Wildman–Crippen LogP) is 3.63. The van der Waals surface area contributed by atoms with Gasteiger partial charge in [-0.25, -0.2) is 9.37 Å². The Kier molecular flexibility index (Phi) is 5.65. The van der Waals surface area contributed by atoms with Crippen molar-refractivity contribution in [3.05, 3.63) is 34.7 Å². The predicted molar refractivity (Wildman–Crippen MR) is 84.5 cm³/mol. The highest BCUT2D eigenvalue weighted by Gasteiger charge is 2.11. The quantitative estimate of drug-likeness (QED) is 0.463. The van der Waals surface area contributed by atoms with Crippen molar-refractivity contribution >= 4 is 28.5 Å². The number of hydrazone groups is 1. The number of nitrogen functional groups attached to an aromatic ring is 1. The van der Waals surface area contributed by atoms with E-state index in [0.717, 1.165) is 18.9 Å². The molecule has 22 heavy (non-hydrogen) atoms. The Labute approximate surface area is 130 Å². The summed E-state index contributed by atoms with van der Waals surface area (Å²) in [5.74, 6) is -1.70. The zero-order chi connectivity index (χ0) is 15.9. The first-order valence-corrected chi connectivity index (χ1v) is 7.60. The van der Waals surface area contributed by atoms with Crippen molar-refractivity contribution in [3.63, 3.8) is 0 Å². The highest BCUT2D eigenvalue weighted by Crippen LogP contribution is 2.22. The van der Waals surface area contributed by atoms with E-state index in [9.17, 15) is 8.78 Å². The topological polar surface area (TPSA) is 72.5 Å². The van der Waals surface area contributed by atoms with Crippen LogP contribution in [0.4, 0.5) is 19.7 Å². The number of rotatable bonds is 7. The van der Waals surface area contributed by atoms with E-state index >= 15 is 0 Å². The number of hydrogen-bond donors (Lipinski definition) is 2. The second-order valence-electron chi connectivity index (χ2n) is 4.46. The molecule has 5 nitrogen and oxygen atoms in total. The molecule has 2 aromatic rings. The van der Waals surface area contributed by atoms with Crippen LogP contribution in [-0.2, 0) is 0 Å². The van der Waals surface area contributed by atoms with E-state index in [4.69, 9.17) is 10.5 Å². The standard InChI is InChI=1S/C14H16F2N4OS/c1-2-3-4-21-11-6-9(5-10(15)13(11)16)7-18-20-14-19-12(17)8-22-14/h5-8H,2-4,17H2,1H3,(H,19,20). The van der Waals surface area contributed by atoms with Gasteiger partial charge >= 0.3 is 0 Å². The van der Waals surface area contributed by atoms with Crippen LogP contribution in [0.15, 0.2) is 22.6 Å². The van der Waals surface area contributed by atoms with Crippen molar-refractivity contribution in [1.29, 1.82) is 0 Å². The summed E-state index contributed by atoms with van der Waals surface area (Å²) < 4.78 is 32.4. The zero-order valence-corrected chi connectivity index (χ0v) is 12.8. The number of hydrogen-bond acceptors (Lipinski definition) is 6. The molecule has 0 aliphatic rings. The number of anilines is 2. The molecule has 0 atom stereocenters. The first-order valence-electron chi connectivity index (χ1n) is 6.72. The average Bonchev–Trinajstić information content (AvgIpc) is 2.89. The smallest absolute Gasteiger partial charge is 0.205 e. The maximum Gasteiger partial charge on any atom is 0.205 e. The Balaban J connectivity index is 2.06. The van der Waals surface area contributed by atoms with Gasteiger partial charge in [0.05, 0.1) is 12.8 Å². The van der Waals surface area contributed by atoms with Crippen LogP contribution in [0.25, 0.3) is 0 Å². The number of aromatic nitrogens is 1. The molecule has 0 radical (unpaired) electrons. The van der Waals surface area contributed by atoms with Crippen LogP contribution >= 0.6 is 11.3 Å². The lowest BCUT2D eigenvalue weighted by molar-refractivity contribution is 0.288. The van der Waals surface area contributed by atoms with Gasteiger partial charge in [-0.3, -0.25) is 5.43 Å². The van der Waals surface area contributed by atoms with E-state index in [2.05, 4.69) is 15.5 Å². The first-order chi connectivity index (χ1) is 10.6. The Hall–Kier alpha value is -2.22. The molecule has 1 heterocycles. The van der Waals surface area contributed by atoms with Crippen LogP contribution in [0.2, 0.25) is 0 Å². The number of ether oxygens (including phenoxy) is 1. The van der Waals surface area contributed by atoms with Gasteiger partial charge in [-0.05, 0) is 18.6 Å². The lowest BCUT2D eigenvalue weighted by Gasteiger charge is -2.08. The van der Waals surface area contributed by atoms with Crippen molar-refractivity contribution < 1.29 is 13.5 Å². The number of benzene rings is 1. The van der Waals surface area contributed by atoms with Gasteiger partial charge in [-0.15, -0.1) is 11.3 Å². The lowest BCUT2D eigenvalue weighted by Crippen LogP contribution is -2.02. The second-order valence-corrected chi connectivity index (χ2v) is 5.32. The van der Waals surface area contributed by atoms with Crippen LogP contribution in [0.5, 0.6) is 5.75 Å². The van der Waals surface area contributed by atoms with Gasteiger partial charge in [0.25, 0.3) is 0 Å². The summed E-state index contributed by atoms with van der Waals surface area (Å²) in [6.45, 7) is 2.32. The van der Waals surface area contributed by atoms with E-state index in [0.29, 0.717) is 23.1 Å². The minimum Gasteiger partial charge on any atom is -0.490 e. The Bertz CT molecular complexity index is 660. The van der Waals surface area contributed by atoms with E-state index in [1.807, 2.05) is 6.92 Å². The molecule has 0 amide bonds. The molecule has 1 aromatic heterocycles. The minimum absolute atomic E-state index is 0.117. The van der Waals surface area contributed by atoms with Gasteiger partial charge in [-0.1, -0.05) is 13.3 Å². The molecule has 0 saturated heterocycles. The Morgan fingerprint density at radius 3 is 2.95 bits per heavy atom. The second kappa shape index (κ2) is 7.69. The SMILES string of the molecule is CCCCOc1cc(C=NNc2nc(N)cs2)cc(F)c1F. The normalized spacial score (nSPS) is 11.0. The minimum atomic E-state index is -0.992. The number of nitrogens with one attached hydrogen (secondary N) is 1. The van der Waals surface area contributed by atoms with Gasteiger partial charge in [0, 0.05) is 10.9 Å². The van der Waals surface area contributed by atoms with Crippen molar-refractivity contribution in [2.75, 3.05) is 17.8 Å². The molecule has 2 rings (SSSR count). The number of nitrogens with zero attached hydrogens (tertiary/aromatic N) is 2. The first kappa shape index (κ1) is 16.2. The maximum absolute atomic E-state index is 13.6. The van der Waals surface area contributed by atoms with Gasteiger partial charge in [0.1, 0.15) is 5.82 Å². The third-order valence-corrected chi connectivity index (χ3v) is 3.43. The van der Waals surface area contributed by atoms with E-state index in [1.54, 1.807) is 5.38 Å². The van der Waals surface area contributed by atoms with Crippen molar-refractivity contribution in [2.45, 2.75) is 19.8 Å². The Morgan fingerprint density at radius 1 is 1.45 bits per heavy atom. The highest BCUT2D eigenvalue weighted by molar-refractivity contribution is 7.14. The average molecular weight is 326 g/mol. The summed E-state index contributed by atoms with van der Waals surface area (Å²) in [4.78, 5) is 3.95. The molecule has 3 N–H and O–H groups in total. The van der Waals surface area contributed by atoms with Gasteiger partial charge < -0.3 is 10.5 Å². The van der Waals surface area contributed by atoms with Crippen molar-refractivity contribution in [3.8, 4) is 5.75 Å². The maximum atomic E-state index is 13.6. The zero-order valence-electron chi connectivity index (χ0n) is 12.0. The van der Waals surface area contributed by atoms with Crippen LogP contribution in [0.3, 0.4) is 0 Å². The molecule has 0 fully saturated rings. The molecule has 0 aliphatic heterocycles. The number of halogens is 2. The van der Waals surface area contributed by atoms with E-state index < -0.39 is 11.6 Å². The van der Waals surface area contributed by atoms with E-state index in [-0.39, 0.29) is 5.75 Å². The molecule has 0 bridgehead atoms. The molecule has 1 aromatic carbocycles. The van der Waals surface area contributed by atoms with Crippen molar-refractivity contribution in [1.82, 2.24) is 4.98 Å². The number of unbranched alkanes of at least 4 members (excludes halogenated alkanes) is 1. The molecule has 0 aliphatic carbocycles. The molecule has 118 valence electrons. The molecular weight excluding hydrogens is 310 g/mol. The highest BCUT2D eigenvalue weighted by atomic mass is 32.1. The Morgan fingerprint density at radius 2 is 2.27 bits per heavy atom. The van der Waals surface area contributed by atoms with Crippen LogP contribution in [-0.4, -0.2) is 17.8 Å². The summed E-state index contributed by atoms with van der Waals surface area (Å²) >= 11 is 1.29. The molecule has 0 unspecified atom stereocenters. The number of nitrogens with two attached hydrogens (primary N) is 1. The third kappa shape index (κ3) is 4.39. The van der Waals surface area contributed by atoms with Crippen LogP contribution < -0.4 is 15.9 Å². The molecular formula is C14H16F2N4OS. The van der Waals surface area contributed by atoms with E-state index in [1.165, 1.54) is 23.6 Å². The largest absolute Gasteiger partial charge is 0.490 e. The fourth-order valence-corrected chi connectivity index (χ4v) is 2.14. The molecule has 8 heteroatoms. The van der Waals surface area contributed by atoms with Gasteiger partial charge in [0.2, 0.25) is 10.9 Å². The fraction of sp³-hybridized carbons (Fsp3) is 0.286. The molecule has 0 spiro atoms. The lowest BCUT2D eigenvalue weighted by atomic mass is 10.2. The fourth-order valence-electron chi connectivity index (χ4n) is 1.59. The summed E-state index contributed by atoms with van der Waals surface area (Å²) in [6.07, 6.45) is 3.03. The monoisotopic (exact) mass is 326 g/mol. The van der Waals surface area contributed by atoms with Crippen LogP contribution in [0.1, 0.15) is 25.3 Å². The third-order valence-electron chi connectivity index (χ3n) is 2.67. The summed E-state index contributed by atoms with van der Waals surface area (Å²) in [6, 6.07) is 2.44. The van der Waals surface area contributed by atoms with Gasteiger partial charge in [0.15, 0.2) is 11.6 Å². The van der Waals surface area contributed by atoms with Gasteiger partial charge in [-0.2, -0.15) is 9.49 Å². The van der Waals surface area contributed by atoms with Crippen molar-refractivity contribution in [2.24, 2.45) is 5.10 Å². The molecule has 0 saturated carbocycles. The summed E-state index contributed by atoms with van der Waals surface area (Å²) in [5, 5.41) is 6.08. The summed E-state index contributed by atoms with van der Waals surface area (Å²) in [7, 11) is 0. The van der Waals surface area contributed by atoms with Crippen LogP contribution in [0, 0.1) is 11.6 Å². The number of thiazole rings is 1.